The third-order valence-electron chi connectivity index (χ3n) is 2.79. The highest BCUT2D eigenvalue weighted by atomic mass is 19.1. The van der Waals surface area contributed by atoms with Gasteiger partial charge in [0.1, 0.15) is 5.82 Å². The zero-order valence-corrected chi connectivity index (χ0v) is 10.7. The van der Waals surface area contributed by atoms with Crippen LogP contribution in [0, 0.1) is 5.82 Å². The van der Waals surface area contributed by atoms with Crippen molar-refractivity contribution < 1.29 is 14.4 Å². The molecule has 2 rings (SSSR count). The fraction of sp³-hybridized carbons (Fsp3) is 0.0625. The van der Waals surface area contributed by atoms with E-state index in [1.165, 1.54) is 11.5 Å². The second-order valence-corrected chi connectivity index (χ2v) is 4.34. The van der Waals surface area contributed by atoms with Gasteiger partial charge in [0.2, 0.25) is 0 Å². The first-order valence-electron chi connectivity index (χ1n) is 6.13. The summed E-state index contributed by atoms with van der Waals surface area (Å²) in [6.07, 6.45) is 13.9. The van der Waals surface area contributed by atoms with Gasteiger partial charge < -0.3 is 0 Å². The molecule has 2 N–H and O–H groups in total. The lowest BCUT2D eigenvalue weighted by Crippen LogP contribution is -2.19. The lowest BCUT2D eigenvalue weighted by molar-refractivity contribution is 0.0706. The normalized spacial score (nSPS) is 16.8. The Morgan fingerprint density at radius 3 is 2.65 bits per heavy atom. The maximum atomic E-state index is 13.5. The first-order valence-corrected chi connectivity index (χ1v) is 6.13. The van der Waals surface area contributed by atoms with Crippen LogP contribution in [-0.4, -0.2) is 11.1 Å². The summed E-state index contributed by atoms with van der Waals surface area (Å²) in [7, 11) is 0. The first kappa shape index (κ1) is 14.0. The van der Waals surface area contributed by atoms with Gasteiger partial charge in [0.15, 0.2) is 0 Å². The van der Waals surface area contributed by atoms with E-state index in [0.717, 1.165) is 11.6 Å². The molecule has 1 amide bonds. The number of nitrogens with one attached hydrogen (secondary N) is 1. The van der Waals surface area contributed by atoms with Crippen molar-refractivity contribution in [3.8, 4) is 0 Å². The van der Waals surface area contributed by atoms with Gasteiger partial charge in [-0.1, -0.05) is 42.5 Å². The van der Waals surface area contributed by atoms with E-state index in [4.69, 9.17) is 5.21 Å². The van der Waals surface area contributed by atoms with Gasteiger partial charge in [0, 0.05) is 5.56 Å². The Hall–Kier alpha value is -2.46. The van der Waals surface area contributed by atoms with Gasteiger partial charge in [0.25, 0.3) is 5.91 Å². The van der Waals surface area contributed by atoms with Crippen molar-refractivity contribution in [1.82, 2.24) is 5.48 Å². The number of amides is 1. The Balaban J connectivity index is 2.25. The number of carbonyl (C=O) groups excluding carboxylic acids is 1. The summed E-state index contributed by atoms with van der Waals surface area (Å²) in [5.41, 5.74) is 3.25. The summed E-state index contributed by atoms with van der Waals surface area (Å²) >= 11 is 0. The minimum Gasteiger partial charge on any atom is -0.288 e. The predicted molar refractivity (Wildman–Crippen MR) is 74.9 cm³/mol. The number of allylic oxidation sites excluding steroid dienone is 8. The van der Waals surface area contributed by atoms with Gasteiger partial charge in [-0.3, -0.25) is 10.0 Å². The number of hydrogen-bond acceptors (Lipinski definition) is 2. The summed E-state index contributed by atoms with van der Waals surface area (Å²) < 4.78 is 13.5. The summed E-state index contributed by atoms with van der Waals surface area (Å²) in [6.45, 7) is 0. The Labute approximate surface area is 116 Å². The number of halogens is 1. The molecule has 0 bridgehead atoms. The van der Waals surface area contributed by atoms with Crippen LogP contribution in [-0.2, 0) is 6.42 Å². The number of carbonyl (C=O) groups is 1. The predicted octanol–water partition coefficient (Wildman–Crippen LogP) is 3.10. The molecule has 0 heterocycles. The summed E-state index contributed by atoms with van der Waals surface area (Å²) in [5.74, 6) is -1.23. The fourth-order valence-corrected chi connectivity index (χ4v) is 1.91. The highest BCUT2D eigenvalue weighted by Gasteiger charge is 2.08. The minimum atomic E-state index is -0.726. The standard InChI is InChI=1S/C16H14FNO2/c17-15-10-13(9-14(11-15)16(19)18-20)8-12-6-4-2-1-3-5-7-12/h1-7,9-11,20H,8H2,(H,18,19)/b2-1-,3-1?,4-2?,5-3-,6-4?,7-5?,12-6?,12-7?. The first-order chi connectivity index (χ1) is 9.69. The van der Waals surface area contributed by atoms with E-state index in [1.54, 1.807) is 6.07 Å². The molecule has 0 saturated heterocycles. The van der Waals surface area contributed by atoms with E-state index in [2.05, 4.69) is 0 Å². The van der Waals surface area contributed by atoms with E-state index in [1.807, 2.05) is 42.5 Å². The average molecular weight is 271 g/mol. The SMILES string of the molecule is O=C(NO)c1cc(F)cc(CC2=C/C=C\C=C/C=C2)c1. The summed E-state index contributed by atoms with van der Waals surface area (Å²) in [4.78, 5) is 11.3. The summed E-state index contributed by atoms with van der Waals surface area (Å²) in [5, 5.41) is 8.60. The molecule has 1 aromatic rings. The molecule has 1 aliphatic carbocycles. The topological polar surface area (TPSA) is 49.3 Å². The Morgan fingerprint density at radius 1 is 1.10 bits per heavy atom. The lowest BCUT2D eigenvalue weighted by Gasteiger charge is -2.06. The Bertz CT molecular complexity index is 627. The molecule has 0 aromatic heterocycles. The number of benzene rings is 1. The average Bonchev–Trinajstić information content (AvgIpc) is 2.40. The van der Waals surface area contributed by atoms with Crippen molar-refractivity contribution >= 4 is 5.91 Å². The molecule has 102 valence electrons. The zero-order valence-electron chi connectivity index (χ0n) is 10.7. The molecule has 0 saturated carbocycles. The fourth-order valence-electron chi connectivity index (χ4n) is 1.91. The van der Waals surface area contributed by atoms with Gasteiger partial charge in [0.05, 0.1) is 0 Å². The van der Waals surface area contributed by atoms with Crippen molar-refractivity contribution in [2.24, 2.45) is 0 Å². The molecule has 0 unspecified atom stereocenters. The molecule has 0 atom stereocenters. The molecule has 1 aromatic carbocycles. The lowest BCUT2D eigenvalue weighted by atomic mass is 10.0. The van der Waals surface area contributed by atoms with Crippen molar-refractivity contribution in [3.05, 3.63) is 83.2 Å². The van der Waals surface area contributed by atoms with E-state index in [9.17, 15) is 9.18 Å². The van der Waals surface area contributed by atoms with Gasteiger partial charge in [-0.05, 0) is 35.8 Å². The van der Waals surface area contributed by atoms with Crippen LogP contribution in [0.3, 0.4) is 0 Å². The van der Waals surface area contributed by atoms with Crippen LogP contribution in [0.5, 0.6) is 0 Å². The molecule has 0 spiro atoms. The van der Waals surface area contributed by atoms with Crippen molar-refractivity contribution in [1.29, 1.82) is 0 Å². The summed E-state index contributed by atoms with van der Waals surface area (Å²) in [6, 6.07) is 4.02. The van der Waals surface area contributed by atoms with Crippen LogP contribution in [0.25, 0.3) is 0 Å². The molecular formula is C16H14FNO2. The molecule has 3 nitrogen and oxygen atoms in total. The molecule has 4 heteroatoms. The molecular weight excluding hydrogens is 257 g/mol. The van der Waals surface area contributed by atoms with Gasteiger partial charge >= 0.3 is 0 Å². The molecule has 20 heavy (non-hydrogen) atoms. The van der Waals surface area contributed by atoms with Crippen molar-refractivity contribution in [3.63, 3.8) is 0 Å². The van der Waals surface area contributed by atoms with E-state index in [0.29, 0.717) is 12.0 Å². The second-order valence-electron chi connectivity index (χ2n) is 4.34. The van der Waals surface area contributed by atoms with E-state index in [-0.39, 0.29) is 5.56 Å². The maximum Gasteiger partial charge on any atom is 0.274 e. The number of hydrogen-bond donors (Lipinski definition) is 2. The maximum absolute atomic E-state index is 13.5. The van der Waals surface area contributed by atoms with Crippen LogP contribution in [0.1, 0.15) is 15.9 Å². The number of rotatable bonds is 3. The van der Waals surface area contributed by atoms with Crippen molar-refractivity contribution in [2.45, 2.75) is 6.42 Å². The third-order valence-corrected chi connectivity index (χ3v) is 2.79. The molecule has 1 aliphatic rings. The molecule has 0 fully saturated rings. The zero-order chi connectivity index (χ0) is 14.4. The van der Waals surface area contributed by atoms with Crippen LogP contribution in [0.15, 0.2) is 66.3 Å². The van der Waals surface area contributed by atoms with Crippen LogP contribution in [0.2, 0.25) is 0 Å². The van der Waals surface area contributed by atoms with Crippen molar-refractivity contribution in [2.75, 3.05) is 0 Å². The van der Waals surface area contributed by atoms with Crippen LogP contribution >= 0.6 is 0 Å². The van der Waals surface area contributed by atoms with E-state index < -0.39 is 11.7 Å². The second kappa shape index (κ2) is 6.63. The Morgan fingerprint density at radius 2 is 1.85 bits per heavy atom. The van der Waals surface area contributed by atoms with Crippen LogP contribution in [0.4, 0.5) is 4.39 Å². The molecule has 0 radical (unpaired) electrons. The van der Waals surface area contributed by atoms with E-state index >= 15 is 0 Å². The number of hydroxylamine groups is 1. The monoisotopic (exact) mass is 271 g/mol. The third kappa shape index (κ3) is 3.76. The minimum absolute atomic E-state index is 0.0911. The van der Waals surface area contributed by atoms with Gasteiger partial charge in [-0.25, -0.2) is 9.87 Å². The largest absolute Gasteiger partial charge is 0.288 e. The quantitative estimate of drug-likeness (QED) is 0.655. The highest BCUT2D eigenvalue weighted by Crippen LogP contribution is 2.15. The Kier molecular flexibility index (Phi) is 4.63. The van der Waals surface area contributed by atoms with Crippen LogP contribution < -0.4 is 5.48 Å². The smallest absolute Gasteiger partial charge is 0.274 e. The van der Waals surface area contributed by atoms with Gasteiger partial charge in [-0.15, -0.1) is 0 Å². The van der Waals surface area contributed by atoms with Gasteiger partial charge in [-0.2, -0.15) is 0 Å². The highest BCUT2D eigenvalue weighted by molar-refractivity contribution is 5.93. The molecule has 0 aliphatic heterocycles.